The minimum atomic E-state index is -0.544. The lowest BCUT2D eigenvalue weighted by atomic mass is 10.2. The Kier molecular flexibility index (Phi) is 4.10. The van der Waals surface area contributed by atoms with Gasteiger partial charge in [-0.2, -0.15) is 5.10 Å². The molecule has 2 rings (SSSR count). The molecule has 2 N–H and O–H groups in total. The van der Waals surface area contributed by atoms with Crippen molar-refractivity contribution in [2.24, 2.45) is 12.8 Å². The SMILES string of the molecule is Cc1nn(C)c(C)c1Oc1ccc(C(N)=S)c(Br)c1F. The van der Waals surface area contributed by atoms with Crippen molar-refractivity contribution in [3.05, 3.63) is 39.4 Å². The van der Waals surface area contributed by atoms with Crippen molar-refractivity contribution < 1.29 is 9.13 Å². The van der Waals surface area contributed by atoms with E-state index in [1.807, 2.05) is 6.92 Å². The van der Waals surface area contributed by atoms with E-state index >= 15 is 0 Å². The molecule has 0 aliphatic carbocycles. The first kappa shape index (κ1) is 14.9. The van der Waals surface area contributed by atoms with Crippen molar-refractivity contribution in [2.75, 3.05) is 0 Å². The summed E-state index contributed by atoms with van der Waals surface area (Å²) in [5, 5.41) is 4.22. The summed E-state index contributed by atoms with van der Waals surface area (Å²) in [6, 6.07) is 3.12. The van der Waals surface area contributed by atoms with E-state index in [-0.39, 0.29) is 15.2 Å². The minimum Gasteiger partial charge on any atom is -0.450 e. The van der Waals surface area contributed by atoms with Crippen LogP contribution in [0.2, 0.25) is 0 Å². The number of benzene rings is 1. The van der Waals surface area contributed by atoms with E-state index in [4.69, 9.17) is 22.7 Å². The molecule has 0 saturated heterocycles. The highest BCUT2D eigenvalue weighted by Gasteiger charge is 2.18. The van der Waals surface area contributed by atoms with E-state index in [1.54, 1.807) is 24.7 Å². The molecule has 1 aromatic heterocycles. The summed E-state index contributed by atoms with van der Waals surface area (Å²) in [7, 11) is 1.80. The molecule has 106 valence electrons. The molecule has 1 aromatic carbocycles. The Morgan fingerprint density at radius 3 is 2.60 bits per heavy atom. The fourth-order valence-electron chi connectivity index (χ4n) is 1.81. The standard InChI is InChI=1S/C13H13BrFN3OS/c1-6-12(7(2)18(3)17-6)19-9-5-4-8(13(16)20)10(14)11(9)15/h4-5H,1-3H3,(H2,16,20). The summed E-state index contributed by atoms with van der Waals surface area (Å²) in [6.45, 7) is 3.66. The third-order valence-electron chi connectivity index (χ3n) is 2.97. The molecule has 0 fully saturated rings. The lowest BCUT2D eigenvalue weighted by molar-refractivity contribution is 0.434. The molecule has 0 saturated carbocycles. The molecule has 0 amide bonds. The molecular formula is C13H13BrFN3OS. The lowest BCUT2D eigenvalue weighted by Crippen LogP contribution is -2.11. The van der Waals surface area contributed by atoms with Crippen molar-refractivity contribution in [3.8, 4) is 11.5 Å². The summed E-state index contributed by atoms with van der Waals surface area (Å²) < 4.78 is 21.8. The van der Waals surface area contributed by atoms with Crippen molar-refractivity contribution in [1.82, 2.24) is 9.78 Å². The largest absolute Gasteiger partial charge is 0.450 e. The number of rotatable bonds is 3. The van der Waals surface area contributed by atoms with Gasteiger partial charge in [-0.15, -0.1) is 0 Å². The van der Waals surface area contributed by atoms with E-state index in [0.29, 0.717) is 17.0 Å². The molecule has 0 unspecified atom stereocenters. The first-order valence-electron chi connectivity index (χ1n) is 5.78. The van der Waals surface area contributed by atoms with Gasteiger partial charge in [-0.25, -0.2) is 4.39 Å². The van der Waals surface area contributed by atoms with Crippen molar-refractivity contribution >= 4 is 33.1 Å². The quantitative estimate of drug-likeness (QED) is 0.855. The Morgan fingerprint density at radius 1 is 1.45 bits per heavy atom. The number of halogens is 2. The van der Waals surface area contributed by atoms with Gasteiger partial charge in [0.05, 0.1) is 10.2 Å². The van der Waals surface area contributed by atoms with Gasteiger partial charge in [-0.05, 0) is 41.9 Å². The number of nitrogens with zero attached hydrogens (tertiary/aromatic N) is 2. The number of aromatic nitrogens is 2. The molecule has 0 aliphatic heterocycles. The molecule has 0 spiro atoms. The van der Waals surface area contributed by atoms with Gasteiger partial charge in [0.25, 0.3) is 0 Å². The van der Waals surface area contributed by atoms with Crippen LogP contribution in [0.4, 0.5) is 4.39 Å². The molecule has 2 aromatic rings. The number of thiocarbonyl (C=S) groups is 1. The predicted octanol–water partition coefficient (Wildman–Crippen LogP) is 3.37. The van der Waals surface area contributed by atoms with Crippen molar-refractivity contribution in [2.45, 2.75) is 13.8 Å². The highest BCUT2D eigenvalue weighted by molar-refractivity contribution is 9.10. The highest BCUT2D eigenvalue weighted by atomic mass is 79.9. The second-order valence-corrected chi connectivity index (χ2v) is 5.56. The van der Waals surface area contributed by atoms with Gasteiger partial charge in [-0.1, -0.05) is 12.2 Å². The fourth-order valence-corrected chi connectivity index (χ4v) is 2.66. The predicted molar refractivity (Wildman–Crippen MR) is 82.7 cm³/mol. The average Bonchev–Trinajstić information content (AvgIpc) is 2.61. The number of hydrogen-bond donors (Lipinski definition) is 1. The van der Waals surface area contributed by atoms with Gasteiger partial charge < -0.3 is 10.5 Å². The maximum Gasteiger partial charge on any atom is 0.180 e. The zero-order chi connectivity index (χ0) is 15.0. The van der Waals surface area contributed by atoms with Crippen LogP contribution < -0.4 is 10.5 Å². The summed E-state index contributed by atoms with van der Waals surface area (Å²) in [5.41, 5.74) is 7.46. The molecular weight excluding hydrogens is 345 g/mol. The van der Waals surface area contributed by atoms with Crippen molar-refractivity contribution in [1.29, 1.82) is 0 Å². The molecule has 0 radical (unpaired) electrons. The maximum atomic E-state index is 14.3. The van der Waals surface area contributed by atoms with Gasteiger partial charge in [0.1, 0.15) is 10.7 Å². The van der Waals surface area contributed by atoms with Crippen LogP contribution in [0.15, 0.2) is 16.6 Å². The van der Waals surface area contributed by atoms with E-state index < -0.39 is 5.82 Å². The Morgan fingerprint density at radius 2 is 2.10 bits per heavy atom. The summed E-state index contributed by atoms with van der Waals surface area (Å²) in [6.07, 6.45) is 0. The highest BCUT2D eigenvalue weighted by Crippen LogP contribution is 2.34. The van der Waals surface area contributed by atoms with Crippen LogP contribution in [-0.4, -0.2) is 14.8 Å². The third kappa shape index (κ3) is 2.55. The van der Waals surface area contributed by atoms with Crippen LogP contribution in [0.25, 0.3) is 0 Å². The lowest BCUT2D eigenvalue weighted by Gasteiger charge is -2.10. The molecule has 0 atom stereocenters. The fraction of sp³-hybridized carbons (Fsp3) is 0.231. The van der Waals surface area contributed by atoms with Crippen LogP contribution in [0.5, 0.6) is 11.5 Å². The van der Waals surface area contributed by atoms with Gasteiger partial charge in [0.15, 0.2) is 17.3 Å². The zero-order valence-electron chi connectivity index (χ0n) is 11.2. The monoisotopic (exact) mass is 357 g/mol. The average molecular weight is 358 g/mol. The summed E-state index contributed by atoms with van der Waals surface area (Å²) in [5.74, 6) is 0.0930. The molecule has 0 aliphatic rings. The van der Waals surface area contributed by atoms with Crippen molar-refractivity contribution in [3.63, 3.8) is 0 Å². The van der Waals surface area contributed by atoms with Crippen LogP contribution in [0, 0.1) is 19.7 Å². The number of aryl methyl sites for hydroxylation is 2. The van der Waals surface area contributed by atoms with Gasteiger partial charge in [0, 0.05) is 12.6 Å². The van der Waals surface area contributed by atoms with Gasteiger partial charge in [0.2, 0.25) is 0 Å². The van der Waals surface area contributed by atoms with Gasteiger partial charge in [-0.3, -0.25) is 4.68 Å². The van der Waals surface area contributed by atoms with Gasteiger partial charge >= 0.3 is 0 Å². The zero-order valence-corrected chi connectivity index (χ0v) is 13.6. The molecule has 1 heterocycles. The molecule has 7 heteroatoms. The number of ether oxygens (including phenoxy) is 1. The normalized spacial score (nSPS) is 10.7. The second kappa shape index (κ2) is 5.49. The smallest absolute Gasteiger partial charge is 0.180 e. The van der Waals surface area contributed by atoms with Crippen LogP contribution >= 0.6 is 28.1 Å². The topological polar surface area (TPSA) is 53.1 Å². The summed E-state index contributed by atoms with van der Waals surface area (Å²) in [4.78, 5) is 0.121. The second-order valence-electron chi connectivity index (χ2n) is 4.33. The van der Waals surface area contributed by atoms with Crippen LogP contribution in [0.1, 0.15) is 17.0 Å². The van der Waals surface area contributed by atoms with E-state index in [2.05, 4.69) is 21.0 Å². The minimum absolute atomic E-state index is 0.0936. The Balaban J connectivity index is 2.45. The first-order chi connectivity index (χ1) is 9.32. The molecule has 20 heavy (non-hydrogen) atoms. The maximum absolute atomic E-state index is 14.3. The Hall–Kier alpha value is -1.47. The third-order valence-corrected chi connectivity index (χ3v) is 3.96. The van der Waals surface area contributed by atoms with Crippen LogP contribution in [0.3, 0.4) is 0 Å². The summed E-state index contributed by atoms with van der Waals surface area (Å²) >= 11 is 8.00. The molecule has 0 bridgehead atoms. The number of hydrogen-bond acceptors (Lipinski definition) is 3. The van der Waals surface area contributed by atoms with E-state index in [1.165, 1.54) is 6.07 Å². The number of nitrogens with two attached hydrogens (primary N) is 1. The molecule has 4 nitrogen and oxygen atoms in total. The van der Waals surface area contributed by atoms with Crippen LogP contribution in [-0.2, 0) is 7.05 Å². The van der Waals surface area contributed by atoms with E-state index in [0.717, 1.165) is 5.69 Å². The Bertz CT molecular complexity index is 699. The first-order valence-corrected chi connectivity index (χ1v) is 6.99. The van der Waals surface area contributed by atoms with E-state index in [9.17, 15) is 4.39 Å². The Labute approximate surface area is 129 Å².